The number of hydrogen-bond acceptors (Lipinski definition) is 3. The maximum Gasteiger partial charge on any atom is 0.247 e. The molecule has 48 valence electrons. The third kappa shape index (κ3) is 6.81. The van der Waals surface area contributed by atoms with E-state index in [1.165, 1.54) is 0 Å². The van der Waals surface area contributed by atoms with Gasteiger partial charge in [-0.2, -0.15) is 0 Å². The third-order valence-electron chi connectivity index (χ3n) is 0.220. The zero-order valence-corrected chi connectivity index (χ0v) is 6.97. The first-order chi connectivity index (χ1) is 3.56. The van der Waals surface area contributed by atoms with Crippen molar-refractivity contribution in [1.82, 2.24) is 0 Å². The minimum Gasteiger partial charge on any atom is -0.337 e. The van der Waals surface area contributed by atoms with Gasteiger partial charge < -0.3 is 4.89 Å². The summed E-state index contributed by atoms with van der Waals surface area (Å²) in [5.41, 5.74) is -2.12. The van der Waals surface area contributed by atoms with Crippen LogP contribution in [0.25, 0.3) is 0 Å². The monoisotopic (exact) mass is 190 g/mol. The van der Waals surface area contributed by atoms with E-state index in [1.54, 1.807) is 0 Å². The molecule has 0 aromatic carbocycles. The number of hydrogen-bond donors (Lipinski definition) is 2. The molecule has 0 heterocycles. The van der Waals surface area contributed by atoms with Crippen molar-refractivity contribution in [3.63, 3.8) is 0 Å². The fraction of sp³-hybridized carbons (Fsp3) is 0. The molecule has 0 aliphatic rings. The molecule has 0 amide bonds. The van der Waals surface area contributed by atoms with Gasteiger partial charge in [0.05, 0.1) is 0 Å². The molecule has 1 unspecified atom stereocenters. The Hall–Kier alpha value is 0.810. The summed E-state index contributed by atoms with van der Waals surface area (Å²) in [6.07, 6.45) is 0. The topological polar surface area (TPSA) is 46.5 Å². The molecule has 0 radical (unpaired) electrons. The van der Waals surface area contributed by atoms with Gasteiger partial charge in [0.2, 0.25) is 5.69 Å². The third-order valence-corrected chi connectivity index (χ3v) is 1.46. The Morgan fingerprint density at radius 1 is 2.00 bits per heavy atom. The molecule has 0 aliphatic carbocycles. The smallest absolute Gasteiger partial charge is 0.247 e. The summed E-state index contributed by atoms with van der Waals surface area (Å²) in [5.74, 6) is 0. The van der Waals surface area contributed by atoms with Crippen LogP contribution in [0.15, 0.2) is 0 Å². The fourth-order valence-corrected chi connectivity index (χ4v) is 1.33. The highest BCUT2D eigenvalue weighted by Gasteiger charge is 2.01. The van der Waals surface area contributed by atoms with Gasteiger partial charge in [-0.25, -0.2) is 4.21 Å². The summed E-state index contributed by atoms with van der Waals surface area (Å²) in [5, 5.41) is 0. The van der Waals surface area contributed by atoms with Crippen LogP contribution in [0.4, 0.5) is 0 Å². The van der Waals surface area contributed by atoms with Crippen LogP contribution in [0.3, 0.4) is 0 Å². The van der Waals surface area contributed by atoms with Crippen molar-refractivity contribution in [2.24, 2.45) is 0 Å². The molecule has 0 aromatic heterocycles. The number of thiol groups is 1. The lowest BCUT2D eigenvalue weighted by Crippen LogP contribution is -1.76. The second-order valence-corrected chi connectivity index (χ2v) is 6.29. The van der Waals surface area contributed by atoms with Gasteiger partial charge in [-0.3, -0.25) is 4.52 Å². The van der Waals surface area contributed by atoms with Crippen LogP contribution in [0.2, 0.25) is 0 Å². The van der Waals surface area contributed by atoms with E-state index in [0.29, 0.717) is 0 Å². The molecule has 1 atom stereocenters. The van der Waals surface area contributed by atoms with E-state index < -0.39 is 5.69 Å². The zero-order chi connectivity index (χ0) is 6.62. The molecule has 1 N–H and O–H groups in total. The molecule has 0 spiro atoms. The first-order valence-electron chi connectivity index (χ1n) is 1.40. The fourth-order valence-electron chi connectivity index (χ4n) is 0.0736. The molecule has 0 aromatic rings. The van der Waals surface area contributed by atoms with Crippen molar-refractivity contribution in [3.8, 4) is 0 Å². The average Bonchev–Trinajstić information content (AvgIpc) is 1.59. The van der Waals surface area contributed by atoms with Crippen molar-refractivity contribution in [2.75, 3.05) is 0 Å². The first-order valence-corrected chi connectivity index (χ1v) is 6.03. The van der Waals surface area contributed by atoms with Crippen LogP contribution in [0, 0.1) is 0 Å². The van der Waals surface area contributed by atoms with Gasteiger partial charge in [0.15, 0.2) is 0 Å². The largest absolute Gasteiger partial charge is 0.337 e. The van der Waals surface area contributed by atoms with Gasteiger partial charge in [-0.1, -0.05) is 12.2 Å². The highest BCUT2D eigenvalue weighted by molar-refractivity contribution is 8.59. The second-order valence-electron chi connectivity index (χ2n) is 0.788. The minimum atomic E-state index is -2.93. The quantitative estimate of drug-likeness (QED) is 0.369. The maximum atomic E-state index is 9.54. The highest BCUT2D eigenvalue weighted by atomic mass is 32.9. The Labute approximate surface area is 60.5 Å². The van der Waals surface area contributed by atoms with Crippen LogP contribution >= 0.6 is 17.9 Å². The van der Waals surface area contributed by atoms with Crippen LogP contribution < -0.4 is 0 Å². The molecule has 0 rings (SSSR count). The van der Waals surface area contributed by atoms with Crippen LogP contribution in [-0.2, 0) is 27.6 Å². The lowest BCUT2D eigenvalue weighted by molar-refractivity contribution is 0.517. The summed E-state index contributed by atoms with van der Waals surface area (Å²) in [6.45, 7) is 0. The minimum absolute atomic E-state index is 0.0835. The van der Waals surface area contributed by atoms with Gasteiger partial charge >= 0.3 is 0 Å². The maximum absolute atomic E-state index is 9.54. The summed E-state index contributed by atoms with van der Waals surface area (Å²) in [6, 6.07) is 0. The molecule has 0 saturated carbocycles. The van der Waals surface area contributed by atoms with E-state index in [-0.39, 0.29) is 11.3 Å². The highest BCUT2D eigenvalue weighted by Crippen LogP contribution is 2.46. The lowest BCUT2D eigenvalue weighted by Gasteiger charge is -1.99. The van der Waals surface area contributed by atoms with E-state index >= 15 is 0 Å². The van der Waals surface area contributed by atoms with E-state index in [0.717, 1.165) is 5.55 Å². The summed E-state index contributed by atoms with van der Waals surface area (Å²) in [4.78, 5) is 8.53. The second kappa shape index (κ2) is 3.76. The Kier molecular flexibility index (Phi) is 4.14. The number of rotatable bonds is 2. The molecule has 3 nitrogen and oxygen atoms in total. The van der Waals surface area contributed by atoms with Crippen LogP contribution in [-0.4, -0.2) is 14.7 Å². The van der Waals surface area contributed by atoms with Gasteiger partial charge in [0.1, 0.15) is 16.8 Å². The molecule has 0 saturated heterocycles. The van der Waals surface area contributed by atoms with Gasteiger partial charge in [-0.15, -0.1) is 0 Å². The Morgan fingerprint density at radius 3 is 2.62 bits per heavy atom. The average molecular weight is 190 g/mol. The van der Waals surface area contributed by atoms with Crippen molar-refractivity contribution >= 4 is 46.6 Å². The van der Waals surface area contributed by atoms with Crippen molar-refractivity contribution < 1.29 is 13.6 Å². The van der Waals surface area contributed by atoms with E-state index in [2.05, 4.69) is 28.6 Å². The Morgan fingerprint density at radius 2 is 2.50 bits per heavy atom. The summed E-state index contributed by atoms with van der Waals surface area (Å²) in [7, 11) is 0. The van der Waals surface area contributed by atoms with E-state index in [4.69, 9.17) is 4.89 Å². The Balaban J connectivity index is 3.74. The zero-order valence-electron chi connectivity index (χ0n) is 3.55. The standard InChI is InChI=1S/CH3O3PS3/c2-5(6,7)4-1-8-3/h1H,(H2,2,6,7). The van der Waals surface area contributed by atoms with E-state index in [1.807, 2.05) is 0 Å². The lowest BCUT2D eigenvalue weighted by atomic mass is 11.7. The molecule has 0 bridgehead atoms. The van der Waals surface area contributed by atoms with Crippen LogP contribution in [0.5, 0.6) is 0 Å². The Bertz CT molecular complexity index is 154. The van der Waals surface area contributed by atoms with Gasteiger partial charge in [0, 0.05) is 0 Å². The molecule has 0 fully saturated rings. The molecular weight excluding hydrogens is 187 g/mol. The SMILES string of the molecule is O=S=COP(O)(=S)S. The predicted molar refractivity (Wildman–Crippen MR) is 40.8 cm³/mol. The molecular formula is CH3O3PS3. The van der Waals surface area contributed by atoms with Crippen LogP contribution in [0.1, 0.15) is 0 Å². The summed E-state index contributed by atoms with van der Waals surface area (Å²) < 4.78 is 13.8. The normalized spacial score (nSPS) is 16.8. The van der Waals surface area contributed by atoms with Gasteiger partial charge in [-0.05, 0) is 11.8 Å². The van der Waals surface area contributed by atoms with Crippen molar-refractivity contribution in [2.45, 2.75) is 0 Å². The molecule has 0 aliphatic heterocycles. The van der Waals surface area contributed by atoms with E-state index in [9.17, 15) is 4.21 Å². The first kappa shape index (κ1) is 8.81. The van der Waals surface area contributed by atoms with Crippen molar-refractivity contribution in [3.05, 3.63) is 0 Å². The summed E-state index contributed by atoms with van der Waals surface area (Å²) >= 11 is 7.82. The predicted octanol–water partition coefficient (Wildman–Crippen LogP) is 0.122. The molecule has 7 heteroatoms. The van der Waals surface area contributed by atoms with Crippen molar-refractivity contribution in [1.29, 1.82) is 0 Å². The molecule has 8 heavy (non-hydrogen) atoms. The van der Waals surface area contributed by atoms with Gasteiger partial charge in [0.25, 0.3) is 0 Å².